The molecule has 0 aromatic heterocycles. The van der Waals surface area contributed by atoms with Crippen molar-refractivity contribution in [2.45, 2.75) is 112 Å². The molecule has 1 aromatic rings. The number of hydrogen-bond acceptors (Lipinski definition) is 13. The predicted molar refractivity (Wildman–Crippen MR) is 186 cm³/mol. The number of esters is 4. The summed E-state index contributed by atoms with van der Waals surface area (Å²) < 4.78 is 21.3. The molecular weight excluding hydrogens is 682 g/mol. The van der Waals surface area contributed by atoms with Gasteiger partial charge >= 0.3 is 23.9 Å². The average molecular weight is 732 g/mol. The lowest BCUT2D eigenvalue weighted by Gasteiger charge is -2.46. The minimum absolute atomic E-state index is 0.0529. The van der Waals surface area contributed by atoms with Gasteiger partial charge < -0.3 is 39.6 Å². The zero-order chi connectivity index (χ0) is 38.2. The van der Waals surface area contributed by atoms with E-state index in [1.54, 1.807) is 53.7 Å². The van der Waals surface area contributed by atoms with E-state index < -0.39 is 77.3 Å². The molecule has 3 aliphatic rings. The number of benzene rings is 1. The Balaban J connectivity index is 1.42. The fourth-order valence-corrected chi connectivity index (χ4v) is 7.40. The minimum atomic E-state index is -1.21. The second-order valence-corrected chi connectivity index (χ2v) is 16.6. The van der Waals surface area contributed by atoms with Crippen LogP contribution in [0, 0.1) is 22.7 Å². The summed E-state index contributed by atoms with van der Waals surface area (Å²) in [4.78, 5) is 79.2. The van der Waals surface area contributed by atoms with Crippen LogP contribution in [0.25, 0.3) is 0 Å². The zero-order valence-electron chi connectivity index (χ0n) is 30.7. The number of hydrogen-bond donors (Lipinski definition) is 3. The lowest BCUT2D eigenvalue weighted by Crippen LogP contribution is -2.63. The fourth-order valence-electron chi connectivity index (χ4n) is 5.92. The van der Waals surface area contributed by atoms with Crippen molar-refractivity contribution < 1.29 is 52.8 Å². The van der Waals surface area contributed by atoms with Crippen molar-refractivity contribution in [3.05, 3.63) is 40.4 Å². The number of β-lactam (4-membered cyclic amide) rings is 1. The lowest BCUT2D eigenvalue weighted by atomic mass is 9.79. The van der Waals surface area contributed by atoms with Gasteiger partial charge in [-0.25, -0.2) is 9.59 Å². The van der Waals surface area contributed by atoms with Crippen LogP contribution in [0.1, 0.15) is 86.0 Å². The largest absolute Gasteiger partial charge is 0.425 e. The summed E-state index contributed by atoms with van der Waals surface area (Å²) >= 11 is 1.37. The van der Waals surface area contributed by atoms with E-state index in [1.165, 1.54) is 49.6 Å². The first-order valence-electron chi connectivity index (χ1n) is 17.0. The topological polar surface area (TPSA) is 187 Å². The van der Waals surface area contributed by atoms with E-state index in [0.717, 1.165) is 0 Å². The fraction of sp³-hybridized carbons (Fsp3) is 0.611. The van der Waals surface area contributed by atoms with E-state index in [-0.39, 0.29) is 28.3 Å². The Morgan fingerprint density at radius 1 is 0.922 bits per heavy atom. The molecule has 3 heterocycles. The Labute approximate surface area is 302 Å². The van der Waals surface area contributed by atoms with E-state index in [0.29, 0.717) is 23.6 Å². The number of ether oxygens (including phenoxy) is 4. The molecule has 0 radical (unpaired) electrons. The van der Waals surface area contributed by atoms with E-state index in [1.807, 2.05) is 6.92 Å². The number of nitrogens with one attached hydrogen (secondary N) is 2. The van der Waals surface area contributed by atoms with E-state index in [9.17, 15) is 33.9 Å². The van der Waals surface area contributed by atoms with Gasteiger partial charge in [0.1, 0.15) is 5.70 Å². The molecule has 280 valence electrons. The molecule has 0 aliphatic carbocycles. The molecule has 14 nitrogen and oxygen atoms in total. The quantitative estimate of drug-likeness (QED) is 0.170. The van der Waals surface area contributed by atoms with Crippen molar-refractivity contribution in [1.29, 1.82) is 0 Å². The highest BCUT2D eigenvalue weighted by molar-refractivity contribution is 8.03. The normalized spacial score (nSPS) is 24.9. The molecule has 2 unspecified atom stereocenters. The average Bonchev–Trinajstić information content (AvgIpc) is 3.57. The summed E-state index contributed by atoms with van der Waals surface area (Å²) in [5.41, 5.74) is -1.02. The number of rotatable bonds is 11. The highest BCUT2D eigenvalue weighted by Crippen LogP contribution is 2.52. The molecule has 0 saturated carbocycles. The third kappa shape index (κ3) is 9.11. The monoisotopic (exact) mass is 731 g/mol. The number of aliphatic hydroxyl groups excluding tert-OH is 1. The number of nitrogens with zero attached hydrogens (tertiary/aromatic N) is 1. The molecule has 1 aromatic carbocycles. The van der Waals surface area contributed by atoms with Gasteiger partial charge in [-0.1, -0.05) is 13.0 Å². The van der Waals surface area contributed by atoms with Gasteiger partial charge in [0.2, 0.25) is 24.4 Å². The van der Waals surface area contributed by atoms with E-state index in [2.05, 4.69) is 10.6 Å². The van der Waals surface area contributed by atoms with Crippen molar-refractivity contribution in [3.63, 3.8) is 0 Å². The molecule has 8 atom stereocenters. The maximum absolute atomic E-state index is 13.5. The summed E-state index contributed by atoms with van der Waals surface area (Å²) in [6.45, 7) is 16.8. The van der Waals surface area contributed by atoms with Crippen molar-refractivity contribution in [1.82, 2.24) is 10.2 Å². The van der Waals surface area contributed by atoms with Crippen LogP contribution in [0.3, 0.4) is 0 Å². The van der Waals surface area contributed by atoms with Crippen molar-refractivity contribution in [2.24, 2.45) is 22.7 Å². The molecule has 2 saturated heterocycles. The number of thioether (sulfide) groups is 1. The van der Waals surface area contributed by atoms with Gasteiger partial charge in [-0.15, -0.1) is 11.8 Å². The molecule has 51 heavy (non-hydrogen) atoms. The Bertz CT molecular complexity index is 1590. The van der Waals surface area contributed by atoms with Crippen LogP contribution >= 0.6 is 11.8 Å². The number of anilines is 1. The molecule has 3 aliphatic heterocycles. The summed E-state index contributed by atoms with van der Waals surface area (Å²) in [5, 5.41) is 16.2. The number of fused-ring (bicyclic) bond motifs is 1. The Morgan fingerprint density at radius 3 is 2.04 bits per heavy atom. The summed E-state index contributed by atoms with van der Waals surface area (Å²) in [6, 6.07) is 5.13. The first-order chi connectivity index (χ1) is 23.6. The third-order valence-electron chi connectivity index (χ3n) is 8.69. The molecule has 3 N–H and O–H groups in total. The molecule has 0 spiro atoms. The standard InChI is InChI=1S/C36H49N3O11S/c1-17-26-25(18(2)40)30(42)39(26)27(32(44)48-20(4)50-34(46)36(8,9)10)28(17)51-23-15-24(37-16-23)29(41)38-22-13-11-12-21(14-22)31(43)47-19(3)49-33(45)35(5,6)7/h11-14,17-20,23-26,37,40H,15-16H2,1-10H3,(H,38,41)/t17-,18-,19?,20?,23+,24+,25-,26-/m1/s1. The lowest BCUT2D eigenvalue weighted by molar-refractivity contribution is -0.191. The van der Waals surface area contributed by atoms with Gasteiger partial charge in [-0.05, 0) is 73.1 Å². The van der Waals surface area contributed by atoms with Crippen molar-refractivity contribution >= 4 is 53.1 Å². The maximum Gasteiger partial charge on any atom is 0.358 e. The van der Waals surface area contributed by atoms with Crippen molar-refractivity contribution in [2.75, 3.05) is 11.9 Å². The van der Waals surface area contributed by atoms with Gasteiger partial charge in [-0.3, -0.25) is 19.2 Å². The molecule has 2 amide bonds. The SMILES string of the molecule is CC(OC(=O)C1=C(S[C@@H]2CN[C@H](C(=O)Nc3cccc(C(=O)OC(C)OC(=O)C(C)(C)C)c3)C2)[C@H](C)[C@@H]2[C@@H]([C@@H](C)O)C(=O)N12)OC(=O)C(C)(C)C. The molecule has 2 fully saturated rings. The van der Waals surface area contributed by atoms with Gasteiger partial charge in [0.05, 0.1) is 40.5 Å². The first kappa shape index (κ1) is 39.8. The maximum atomic E-state index is 13.5. The predicted octanol–water partition coefficient (Wildman–Crippen LogP) is 3.73. The molecule has 4 rings (SSSR count). The van der Waals surface area contributed by atoms with Crippen LogP contribution in [0.2, 0.25) is 0 Å². The smallest absolute Gasteiger partial charge is 0.358 e. The summed E-state index contributed by atoms with van der Waals surface area (Å²) in [7, 11) is 0. The summed E-state index contributed by atoms with van der Waals surface area (Å²) in [6.07, 6.45) is -2.87. The molecule has 0 bridgehead atoms. The van der Waals surface area contributed by atoms with Crippen LogP contribution < -0.4 is 10.6 Å². The summed E-state index contributed by atoms with van der Waals surface area (Å²) in [5.74, 6) is -4.35. The van der Waals surface area contributed by atoms with Crippen LogP contribution in [-0.4, -0.2) is 88.3 Å². The number of carbonyl (C=O) groups excluding carboxylic acids is 6. The van der Waals surface area contributed by atoms with Crippen LogP contribution in [0.15, 0.2) is 34.9 Å². The number of aliphatic hydroxyl groups is 1. The van der Waals surface area contributed by atoms with E-state index in [4.69, 9.17) is 18.9 Å². The van der Waals surface area contributed by atoms with E-state index >= 15 is 0 Å². The molecular formula is C36H49N3O11S. The number of amides is 2. The zero-order valence-corrected chi connectivity index (χ0v) is 31.5. The molecule has 15 heteroatoms. The van der Waals surface area contributed by atoms with Crippen LogP contribution in [0.4, 0.5) is 5.69 Å². The Hall–Kier alpha value is -3.95. The van der Waals surface area contributed by atoms with Gasteiger partial charge in [0.25, 0.3) is 0 Å². The second-order valence-electron chi connectivity index (χ2n) is 15.2. The van der Waals surface area contributed by atoms with Crippen LogP contribution in [0.5, 0.6) is 0 Å². The van der Waals surface area contributed by atoms with Gasteiger partial charge in [0, 0.05) is 42.2 Å². The van der Waals surface area contributed by atoms with Gasteiger partial charge in [0.15, 0.2) is 0 Å². The minimum Gasteiger partial charge on any atom is -0.425 e. The third-order valence-corrected chi connectivity index (χ3v) is 10.2. The van der Waals surface area contributed by atoms with Gasteiger partial charge in [-0.2, -0.15) is 0 Å². The first-order valence-corrected chi connectivity index (χ1v) is 17.9. The van der Waals surface area contributed by atoms with Crippen LogP contribution in [-0.2, 0) is 42.9 Å². The number of carbonyl (C=O) groups is 6. The Morgan fingerprint density at radius 2 is 1.49 bits per heavy atom. The second kappa shape index (κ2) is 15.3. The Kier molecular flexibility index (Phi) is 12.0. The highest BCUT2D eigenvalue weighted by atomic mass is 32.2. The highest BCUT2D eigenvalue weighted by Gasteiger charge is 2.60. The van der Waals surface area contributed by atoms with Crippen molar-refractivity contribution in [3.8, 4) is 0 Å².